The summed E-state index contributed by atoms with van der Waals surface area (Å²) in [6.07, 6.45) is 0. The highest BCUT2D eigenvalue weighted by Crippen LogP contribution is 2.19. The Morgan fingerprint density at radius 1 is 1.32 bits per heavy atom. The van der Waals surface area contributed by atoms with Crippen LogP contribution in [0.4, 0.5) is 0 Å². The van der Waals surface area contributed by atoms with Crippen molar-refractivity contribution in [2.45, 2.75) is 45.9 Å². The molecule has 108 valence electrons. The number of hydrogen-bond acceptors (Lipinski definition) is 4. The summed E-state index contributed by atoms with van der Waals surface area (Å²) in [7, 11) is 4.17. The average Bonchev–Trinajstić information content (AvgIpc) is 2.67. The zero-order valence-corrected chi connectivity index (χ0v) is 12.9. The van der Waals surface area contributed by atoms with Crippen LogP contribution in [0.1, 0.15) is 30.9 Å². The van der Waals surface area contributed by atoms with Gasteiger partial charge in [0.15, 0.2) is 0 Å². The molecular weight excluding hydrogens is 238 g/mol. The Labute approximate surface area is 116 Å². The van der Waals surface area contributed by atoms with Crippen LogP contribution in [-0.2, 0) is 13.1 Å². The second kappa shape index (κ2) is 6.07. The van der Waals surface area contributed by atoms with Gasteiger partial charge in [-0.2, -0.15) is 0 Å². The summed E-state index contributed by atoms with van der Waals surface area (Å²) in [5.74, 6) is 2.15. The average molecular weight is 265 g/mol. The third kappa shape index (κ3) is 3.38. The van der Waals surface area contributed by atoms with Crippen LogP contribution >= 0.6 is 0 Å². The maximum absolute atomic E-state index is 5.94. The normalized spacial score (nSPS) is 25.9. The lowest BCUT2D eigenvalue weighted by atomic mass is 10.1. The van der Waals surface area contributed by atoms with Crippen LogP contribution in [0.25, 0.3) is 0 Å². The molecule has 1 aliphatic heterocycles. The third-order valence-electron chi connectivity index (χ3n) is 4.22. The van der Waals surface area contributed by atoms with Crippen LogP contribution < -0.4 is 5.32 Å². The van der Waals surface area contributed by atoms with Gasteiger partial charge in [-0.3, -0.25) is 9.80 Å². The van der Waals surface area contributed by atoms with E-state index in [-0.39, 0.29) is 0 Å². The highest BCUT2D eigenvalue weighted by atomic mass is 16.3. The zero-order chi connectivity index (χ0) is 14.0. The van der Waals surface area contributed by atoms with Crippen molar-refractivity contribution in [2.24, 2.45) is 0 Å². The fraction of sp³-hybridized carbons (Fsp3) is 0.733. The van der Waals surface area contributed by atoms with Gasteiger partial charge >= 0.3 is 0 Å². The minimum absolute atomic E-state index is 0.608. The molecule has 0 radical (unpaired) electrons. The van der Waals surface area contributed by atoms with E-state index >= 15 is 0 Å². The van der Waals surface area contributed by atoms with Gasteiger partial charge in [0.25, 0.3) is 0 Å². The Hall–Kier alpha value is -0.840. The van der Waals surface area contributed by atoms with Gasteiger partial charge in [0.2, 0.25) is 0 Å². The maximum Gasteiger partial charge on any atom is 0.120 e. The Morgan fingerprint density at radius 2 is 1.95 bits per heavy atom. The molecule has 0 bridgehead atoms. The van der Waals surface area contributed by atoms with E-state index in [1.807, 2.05) is 7.05 Å². The fourth-order valence-electron chi connectivity index (χ4n) is 2.87. The van der Waals surface area contributed by atoms with Gasteiger partial charge in [0, 0.05) is 25.2 Å². The molecule has 2 heterocycles. The Morgan fingerprint density at radius 3 is 2.53 bits per heavy atom. The number of aryl methyl sites for hydroxylation is 1. The first-order valence-electron chi connectivity index (χ1n) is 7.18. The van der Waals surface area contributed by atoms with Crippen LogP contribution in [0, 0.1) is 6.92 Å². The van der Waals surface area contributed by atoms with Crippen molar-refractivity contribution < 1.29 is 4.42 Å². The molecular formula is C15H27N3O. The highest BCUT2D eigenvalue weighted by molar-refractivity contribution is 5.20. The minimum Gasteiger partial charge on any atom is -0.463 e. The van der Waals surface area contributed by atoms with Gasteiger partial charge in [0.1, 0.15) is 11.5 Å². The first-order chi connectivity index (χ1) is 9.01. The Bertz CT molecular complexity index is 404. The molecule has 1 N–H and O–H groups in total. The summed E-state index contributed by atoms with van der Waals surface area (Å²) < 4.78 is 5.94. The largest absolute Gasteiger partial charge is 0.463 e. The summed E-state index contributed by atoms with van der Waals surface area (Å²) >= 11 is 0. The second-order valence-electron chi connectivity index (χ2n) is 5.91. The van der Waals surface area contributed by atoms with Gasteiger partial charge in [0.05, 0.1) is 13.1 Å². The van der Waals surface area contributed by atoms with Crippen LogP contribution in [0.3, 0.4) is 0 Å². The number of furan rings is 1. The van der Waals surface area contributed by atoms with E-state index in [4.69, 9.17) is 4.42 Å². The van der Waals surface area contributed by atoms with E-state index < -0.39 is 0 Å². The summed E-state index contributed by atoms with van der Waals surface area (Å²) in [5, 5.41) is 3.15. The Kier molecular flexibility index (Phi) is 4.66. The molecule has 1 aromatic rings. The van der Waals surface area contributed by atoms with Crippen molar-refractivity contribution in [3.8, 4) is 0 Å². The molecule has 0 amide bonds. The van der Waals surface area contributed by atoms with E-state index in [2.05, 4.69) is 49.0 Å². The van der Waals surface area contributed by atoms with Crippen LogP contribution in [0.2, 0.25) is 0 Å². The molecule has 4 nitrogen and oxygen atoms in total. The van der Waals surface area contributed by atoms with E-state index in [0.29, 0.717) is 12.1 Å². The molecule has 0 aliphatic carbocycles. The molecule has 1 aromatic heterocycles. The zero-order valence-electron chi connectivity index (χ0n) is 12.9. The van der Waals surface area contributed by atoms with Crippen LogP contribution in [-0.4, -0.2) is 49.1 Å². The first-order valence-corrected chi connectivity index (χ1v) is 7.18. The van der Waals surface area contributed by atoms with Gasteiger partial charge < -0.3 is 9.73 Å². The molecule has 19 heavy (non-hydrogen) atoms. The topological polar surface area (TPSA) is 31.7 Å². The number of nitrogens with one attached hydrogen (secondary N) is 1. The number of piperazine rings is 1. The lowest BCUT2D eigenvalue weighted by Gasteiger charge is -2.42. The number of nitrogens with zero attached hydrogens (tertiary/aromatic N) is 2. The summed E-state index contributed by atoms with van der Waals surface area (Å²) in [5.41, 5.74) is 1.25. The number of hydrogen-bond donors (Lipinski definition) is 1. The molecule has 4 heteroatoms. The molecule has 0 aromatic carbocycles. The van der Waals surface area contributed by atoms with Crippen molar-refractivity contribution in [1.82, 2.24) is 15.1 Å². The Balaban J connectivity index is 1.99. The van der Waals surface area contributed by atoms with Crippen molar-refractivity contribution in [3.05, 3.63) is 23.2 Å². The summed E-state index contributed by atoms with van der Waals surface area (Å²) in [4.78, 5) is 4.95. The van der Waals surface area contributed by atoms with Crippen molar-refractivity contribution in [3.63, 3.8) is 0 Å². The predicted molar refractivity (Wildman–Crippen MR) is 78.2 cm³/mol. The van der Waals surface area contributed by atoms with Crippen molar-refractivity contribution >= 4 is 0 Å². The monoisotopic (exact) mass is 265 g/mol. The molecule has 2 unspecified atom stereocenters. The lowest BCUT2D eigenvalue weighted by molar-refractivity contribution is 0.0516. The van der Waals surface area contributed by atoms with Crippen molar-refractivity contribution in [1.29, 1.82) is 0 Å². The highest BCUT2D eigenvalue weighted by Gasteiger charge is 2.26. The third-order valence-corrected chi connectivity index (χ3v) is 4.22. The summed E-state index contributed by atoms with van der Waals surface area (Å²) in [6, 6.07) is 3.40. The van der Waals surface area contributed by atoms with Crippen LogP contribution in [0.5, 0.6) is 0 Å². The second-order valence-corrected chi connectivity index (χ2v) is 5.91. The van der Waals surface area contributed by atoms with E-state index in [1.54, 1.807) is 0 Å². The molecule has 2 atom stereocenters. The maximum atomic E-state index is 5.94. The quantitative estimate of drug-likeness (QED) is 0.900. The lowest BCUT2D eigenvalue weighted by Crippen LogP contribution is -2.54. The number of likely N-dealkylation sites (N-methyl/N-ethyl adjacent to an activating group) is 1. The SMILES string of the molecule is CNCc1oc(CN2CC(C)N(C)C(C)C2)cc1C. The minimum atomic E-state index is 0.608. The standard InChI is InChI=1S/C15H27N3O/c1-11-6-14(19-15(11)7-16-4)10-18-8-12(2)17(5)13(3)9-18/h6,12-13,16H,7-10H2,1-5H3. The summed E-state index contributed by atoms with van der Waals surface area (Å²) in [6.45, 7) is 10.7. The van der Waals surface area contributed by atoms with E-state index in [1.165, 1.54) is 5.56 Å². The van der Waals surface area contributed by atoms with Gasteiger partial charge in [-0.1, -0.05) is 0 Å². The molecule has 1 saturated heterocycles. The number of rotatable bonds is 4. The van der Waals surface area contributed by atoms with Crippen molar-refractivity contribution in [2.75, 3.05) is 27.2 Å². The molecule has 1 aliphatic rings. The molecule has 0 spiro atoms. The van der Waals surface area contributed by atoms with Crippen LogP contribution in [0.15, 0.2) is 10.5 Å². The molecule has 0 saturated carbocycles. The molecule has 1 fully saturated rings. The van der Waals surface area contributed by atoms with Gasteiger partial charge in [-0.15, -0.1) is 0 Å². The van der Waals surface area contributed by atoms with E-state index in [0.717, 1.165) is 37.7 Å². The fourth-order valence-corrected chi connectivity index (χ4v) is 2.87. The van der Waals surface area contributed by atoms with Gasteiger partial charge in [-0.05, 0) is 46.5 Å². The smallest absolute Gasteiger partial charge is 0.120 e. The van der Waals surface area contributed by atoms with E-state index in [9.17, 15) is 0 Å². The molecule has 2 rings (SSSR count). The predicted octanol–water partition coefficient (Wildman–Crippen LogP) is 1.83. The van der Waals surface area contributed by atoms with Gasteiger partial charge in [-0.25, -0.2) is 0 Å². The first kappa shape index (κ1) is 14.6.